The second-order valence-corrected chi connectivity index (χ2v) is 3.81. The molecule has 0 saturated carbocycles. The van der Waals surface area contributed by atoms with Crippen LogP contribution >= 0.6 is 11.3 Å². The number of thiophene rings is 1. The van der Waals surface area contributed by atoms with Gasteiger partial charge < -0.3 is 9.84 Å². The molecule has 0 fully saturated rings. The van der Waals surface area contributed by atoms with Crippen molar-refractivity contribution in [1.82, 2.24) is 0 Å². The van der Waals surface area contributed by atoms with E-state index in [-0.39, 0.29) is 18.2 Å². The van der Waals surface area contributed by atoms with E-state index in [1.54, 1.807) is 6.07 Å². The number of fused-ring (bicyclic) bond motifs is 1. The molecule has 14 heavy (non-hydrogen) atoms. The largest absolute Gasteiger partial charge is 0.494 e. The van der Waals surface area contributed by atoms with Crippen molar-refractivity contribution in [2.45, 2.75) is 6.61 Å². The van der Waals surface area contributed by atoms with Crippen LogP contribution in [0.25, 0.3) is 10.1 Å². The van der Waals surface area contributed by atoms with Gasteiger partial charge in [0.2, 0.25) is 0 Å². The highest BCUT2D eigenvalue weighted by Crippen LogP contribution is 2.31. The van der Waals surface area contributed by atoms with Crippen LogP contribution in [0.15, 0.2) is 17.5 Å². The smallest absolute Gasteiger partial charge is 0.166 e. The van der Waals surface area contributed by atoms with E-state index in [1.165, 1.54) is 24.5 Å². The van der Waals surface area contributed by atoms with E-state index in [1.807, 2.05) is 5.38 Å². The molecule has 0 amide bonds. The van der Waals surface area contributed by atoms with Gasteiger partial charge in [-0.25, -0.2) is 4.39 Å². The van der Waals surface area contributed by atoms with Crippen LogP contribution in [-0.2, 0) is 6.61 Å². The maximum absolute atomic E-state index is 13.3. The van der Waals surface area contributed by atoms with Crippen LogP contribution in [0.5, 0.6) is 5.75 Å². The maximum Gasteiger partial charge on any atom is 0.166 e. The van der Waals surface area contributed by atoms with Crippen molar-refractivity contribution in [3.63, 3.8) is 0 Å². The summed E-state index contributed by atoms with van der Waals surface area (Å²) in [7, 11) is 1.43. The lowest BCUT2D eigenvalue weighted by Gasteiger charge is -2.02. The Balaban J connectivity index is 2.70. The van der Waals surface area contributed by atoms with Gasteiger partial charge in [0.05, 0.1) is 13.7 Å². The third kappa shape index (κ3) is 1.36. The number of methoxy groups -OCH3 is 1. The number of halogens is 1. The van der Waals surface area contributed by atoms with Gasteiger partial charge in [0, 0.05) is 10.1 Å². The molecule has 0 atom stereocenters. The second kappa shape index (κ2) is 3.55. The average Bonchev–Trinajstić information content (AvgIpc) is 2.58. The van der Waals surface area contributed by atoms with Gasteiger partial charge in [-0.15, -0.1) is 11.3 Å². The summed E-state index contributed by atoms with van der Waals surface area (Å²) < 4.78 is 18.9. The first-order valence-electron chi connectivity index (χ1n) is 4.10. The summed E-state index contributed by atoms with van der Waals surface area (Å²) in [6.45, 7) is -0.0329. The van der Waals surface area contributed by atoms with E-state index in [9.17, 15) is 4.39 Å². The van der Waals surface area contributed by atoms with E-state index in [0.717, 1.165) is 15.6 Å². The molecule has 1 aromatic heterocycles. The normalized spacial score (nSPS) is 10.8. The Kier molecular flexibility index (Phi) is 2.39. The molecular formula is C10H9FO2S. The van der Waals surface area contributed by atoms with Gasteiger partial charge in [0.15, 0.2) is 11.6 Å². The number of hydrogen-bond acceptors (Lipinski definition) is 3. The summed E-state index contributed by atoms with van der Waals surface area (Å²) in [5, 5.41) is 11.7. The number of hydrogen-bond donors (Lipinski definition) is 1. The van der Waals surface area contributed by atoms with Gasteiger partial charge in [-0.3, -0.25) is 0 Å². The third-order valence-electron chi connectivity index (χ3n) is 2.10. The molecule has 4 heteroatoms. The second-order valence-electron chi connectivity index (χ2n) is 2.90. The van der Waals surface area contributed by atoms with Crippen LogP contribution in [0, 0.1) is 5.82 Å². The SMILES string of the molecule is COc1cc2c(CO)csc2cc1F. The lowest BCUT2D eigenvalue weighted by Crippen LogP contribution is -1.88. The Morgan fingerprint density at radius 2 is 2.29 bits per heavy atom. The first kappa shape index (κ1) is 9.43. The Hall–Kier alpha value is -1.13. The predicted octanol–water partition coefficient (Wildman–Crippen LogP) is 2.54. The molecule has 0 aliphatic carbocycles. The standard InChI is InChI=1S/C10H9FO2S/c1-13-9-2-7-6(4-12)5-14-10(7)3-8(9)11/h2-3,5,12H,4H2,1H3. The van der Waals surface area contributed by atoms with Crippen LogP contribution in [0.2, 0.25) is 0 Å². The summed E-state index contributed by atoms with van der Waals surface area (Å²) in [6, 6.07) is 3.05. The average molecular weight is 212 g/mol. The molecule has 1 aromatic carbocycles. The molecule has 2 rings (SSSR count). The van der Waals surface area contributed by atoms with Gasteiger partial charge in [-0.1, -0.05) is 0 Å². The van der Waals surface area contributed by atoms with E-state index in [2.05, 4.69) is 0 Å². The third-order valence-corrected chi connectivity index (χ3v) is 3.09. The number of rotatable bonds is 2. The fourth-order valence-corrected chi connectivity index (χ4v) is 2.32. The number of aliphatic hydroxyl groups is 1. The molecule has 0 unspecified atom stereocenters. The Morgan fingerprint density at radius 3 is 2.93 bits per heavy atom. The van der Waals surface area contributed by atoms with Crippen molar-refractivity contribution >= 4 is 21.4 Å². The monoisotopic (exact) mass is 212 g/mol. The first-order valence-corrected chi connectivity index (χ1v) is 4.98. The lowest BCUT2D eigenvalue weighted by atomic mass is 10.2. The lowest BCUT2D eigenvalue weighted by molar-refractivity contribution is 0.283. The molecular weight excluding hydrogens is 203 g/mol. The highest BCUT2D eigenvalue weighted by atomic mass is 32.1. The zero-order valence-electron chi connectivity index (χ0n) is 7.58. The van der Waals surface area contributed by atoms with Crippen molar-refractivity contribution in [3.8, 4) is 5.75 Å². The molecule has 0 aliphatic heterocycles. The molecule has 0 bridgehead atoms. The van der Waals surface area contributed by atoms with Crippen LogP contribution in [0.1, 0.15) is 5.56 Å². The highest BCUT2D eigenvalue weighted by Gasteiger charge is 2.09. The zero-order chi connectivity index (χ0) is 10.1. The van der Waals surface area contributed by atoms with Gasteiger partial charge in [0.1, 0.15) is 0 Å². The van der Waals surface area contributed by atoms with E-state index in [0.29, 0.717) is 0 Å². The minimum Gasteiger partial charge on any atom is -0.494 e. The summed E-state index contributed by atoms with van der Waals surface area (Å²) in [5.74, 6) is -0.156. The van der Waals surface area contributed by atoms with Gasteiger partial charge >= 0.3 is 0 Å². The molecule has 74 valence electrons. The maximum atomic E-state index is 13.3. The van der Waals surface area contributed by atoms with Crippen LogP contribution in [0.4, 0.5) is 4.39 Å². The minimum absolute atomic E-state index is 0.0329. The molecule has 0 spiro atoms. The molecule has 1 N–H and O–H groups in total. The minimum atomic E-state index is -0.369. The molecule has 0 aliphatic rings. The van der Waals surface area contributed by atoms with Crippen LogP contribution in [-0.4, -0.2) is 12.2 Å². The zero-order valence-corrected chi connectivity index (χ0v) is 8.40. The predicted molar refractivity (Wildman–Crippen MR) is 54.3 cm³/mol. The number of aliphatic hydroxyl groups excluding tert-OH is 1. The Labute approximate surface area is 84.6 Å². The van der Waals surface area contributed by atoms with Crippen molar-refractivity contribution < 1.29 is 14.2 Å². The van der Waals surface area contributed by atoms with Crippen molar-refractivity contribution in [2.75, 3.05) is 7.11 Å². The quantitative estimate of drug-likeness (QED) is 0.829. The topological polar surface area (TPSA) is 29.5 Å². The summed E-state index contributed by atoms with van der Waals surface area (Å²) in [5.41, 5.74) is 0.809. The first-order chi connectivity index (χ1) is 6.76. The van der Waals surface area contributed by atoms with Gasteiger partial charge in [-0.2, -0.15) is 0 Å². The van der Waals surface area contributed by atoms with E-state index < -0.39 is 0 Å². The fourth-order valence-electron chi connectivity index (χ4n) is 1.36. The number of ether oxygens (including phenoxy) is 1. The Morgan fingerprint density at radius 1 is 1.50 bits per heavy atom. The van der Waals surface area contributed by atoms with Gasteiger partial charge in [-0.05, 0) is 23.1 Å². The van der Waals surface area contributed by atoms with Crippen LogP contribution in [0.3, 0.4) is 0 Å². The van der Waals surface area contributed by atoms with Crippen molar-refractivity contribution in [1.29, 1.82) is 0 Å². The molecule has 0 radical (unpaired) electrons. The fraction of sp³-hybridized carbons (Fsp3) is 0.200. The van der Waals surface area contributed by atoms with Crippen molar-refractivity contribution in [2.24, 2.45) is 0 Å². The van der Waals surface area contributed by atoms with Crippen molar-refractivity contribution in [3.05, 3.63) is 28.9 Å². The molecule has 2 nitrogen and oxygen atoms in total. The molecule has 1 heterocycles. The highest BCUT2D eigenvalue weighted by molar-refractivity contribution is 7.17. The summed E-state index contributed by atoms with van der Waals surface area (Å²) in [6.07, 6.45) is 0. The number of benzene rings is 1. The molecule has 0 saturated heterocycles. The van der Waals surface area contributed by atoms with E-state index >= 15 is 0 Å². The molecule has 2 aromatic rings. The van der Waals surface area contributed by atoms with Crippen LogP contribution < -0.4 is 4.74 Å². The van der Waals surface area contributed by atoms with E-state index in [4.69, 9.17) is 9.84 Å². The summed E-state index contributed by atoms with van der Waals surface area (Å²) >= 11 is 1.42. The Bertz CT molecular complexity index is 464. The van der Waals surface area contributed by atoms with Gasteiger partial charge in [0.25, 0.3) is 0 Å². The summed E-state index contributed by atoms with van der Waals surface area (Å²) in [4.78, 5) is 0.